The van der Waals surface area contributed by atoms with Crippen molar-refractivity contribution >= 4 is 0 Å². The molecule has 1 rings (SSSR count). The smallest absolute Gasteiger partial charge is 0.0431 e. The SMILES string of the molecule is OCCCCCCC=CCc1ccccc1. The zero-order valence-electron chi connectivity index (χ0n) is 9.94. The molecule has 0 aliphatic carbocycles. The molecule has 0 radical (unpaired) electrons. The third-order valence-electron chi connectivity index (χ3n) is 2.64. The summed E-state index contributed by atoms with van der Waals surface area (Å²) in [5.74, 6) is 0. The Hall–Kier alpha value is -1.08. The molecule has 0 saturated carbocycles. The van der Waals surface area contributed by atoms with Crippen molar-refractivity contribution in [1.29, 1.82) is 0 Å². The predicted molar refractivity (Wildman–Crippen MR) is 69.5 cm³/mol. The molecule has 0 atom stereocenters. The van der Waals surface area contributed by atoms with Gasteiger partial charge in [0.25, 0.3) is 0 Å². The maximum absolute atomic E-state index is 8.62. The Morgan fingerprint density at radius 2 is 1.62 bits per heavy atom. The van der Waals surface area contributed by atoms with Gasteiger partial charge < -0.3 is 5.11 Å². The number of hydrogen-bond donors (Lipinski definition) is 1. The van der Waals surface area contributed by atoms with E-state index in [0.29, 0.717) is 6.61 Å². The average molecular weight is 218 g/mol. The first-order valence-electron chi connectivity index (χ1n) is 6.23. The highest BCUT2D eigenvalue weighted by molar-refractivity contribution is 5.17. The summed E-state index contributed by atoms with van der Waals surface area (Å²) in [6.07, 6.45) is 11.3. The lowest BCUT2D eigenvalue weighted by molar-refractivity contribution is 0.282. The van der Waals surface area contributed by atoms with E-state index < -0.39 is 0 Å². The summed E-state index contributed by atoms with van der Waals surface area (Å²) in [6, 6.07) is 10.5. The van der Waals surface area contributed by atoms with E-state index in [-0.39, 0.29) is 0 Å². The van der Waals surface area contributed by atoms with E-state index in [2.05, 4.69) is 36.4 Å². The highest BCUT2D eigenvalue weighted by Crippen LogP contribution is 2.05. The van der Waals surface area contributed by atoms with Crippen molar-refractivity contribution in [3.63, 3.8) is 0 Å². The fourth-order valence-corrected chi connectivity index (χ4v) is 1.68. The lowest BCUT2D eigenvalue weighted by Gasteiger charge is -1.96. The Morgan fingerprint density at radius 3 is 2.38 bits per heavy atom. The van der Waals surface area contributed by atoms with Crippen LogP contribution in [0.4, 0.5) is 0 Å². The molecular weight excluding hydrogens is 196 g/mol. The molecule has 1 heteroatoms. The van der Waals surface area contributed by atoms with Gasteiger partial charge in [-0.25, -0.2) is 0 Å². The summed E-state index contributed by atoms with van der Waals surface area (Å²) >= 11 is 0. The van der Waals surface area contributed by atoms with Gasteiger partial charge in [0.1, 0.15) is 0 Å². The van der Waals surface area contributed by atoms with Gasteiger partial charge in [0, 0.05) is 6.61 Å². The summed E-state index contributed by atoms with van der Waals surface area (Å²) in [5, 5.41) is 8.62. The number of benzene rings is 1. The molecule has 0 aliphatic rings. The standard InChI is InChI=1S/C15H22O/c16-14-10-5-3-1-2-4-7-11-15-12-8-6-9-13-15/h4,6-9,12-13,16H,1-3,5,10-11,14H2. The molecule has 88 valence electrons. The van der Waals surface area contributed by atoms with E-state index in [9.17, 15) is 0 Å². The van der Waals surface area contributed by atoms with Gasteiger partial charge in [-0.05, 0) is 31.2 Å². The normalized spacial score (nSPS) is 11.1. The van der Waals surface area contributed by atoms with Crippen LogP contribution in [0.2, 0.25) is 0 Å². The summed E-state index contributed by atoms with van der Waals surface area (Å²) in [5.41, 5.74) is 1.37. The second kappa shape index (κ2) is 9.17. The Labute approximate surface area is 98.8 Å². The van der Waals surface area contributed by atoms with Crippen LogP contribution in [0.25, 0.3) is 0 Å². The molecule has 1 aromatic carbocycles. The molecule has 1 aromatic rings. The van der Waals surface area contributed by atoms with Crippen LogP contribution in [0.5, 0.6) is 0 Å². The molecule has 0 unspecified atom stereocenters. The highest BCUT2D eigenvalue weighted by Gasteiger charge is 1.88. The minimum Gasteiger partial charge on any atom is -0.396 e. The topological polar surface area (TPSA) is 20.2 Å². The van der Waals surface area contributed by atoms with E-state index >= 15 is 0 Å². The molecule has 16 heavy (non-hydrogen) atoms. The first-order valence-corrected chi connectivity index (χ1v) is 6.23. The molecule has 0 aromatic heterocycles. The van der Waals surface area contributed by atoms with Gasteiger partial charge in [-0.3, -0.25) is 0 Å². The first kappa shape index (κ1) is 13.0. The minimum atomic E-state index is 0.337. The van der Waals surface area contributed by atoms with Crippen LogP contribution in [0, 0.1) is 0 Å². The first-order chi connectivity index (χ1) is 7.93. The average Bonchev–Trinajstić information content (AvgIpc) is 2.34. The quantitative estimate of drug-likeness (QED) is 0.520. The monoisotopic (exact) mass is 218 g/mol. The Balaban J connectivity index is 2.01. The van der Waals surface area contributed by atoms with E-state index in [1.165, 1.54) is 18.4 Å². The van der Waals surface area contributed by atoms with Crippen molar-refractivity contribution in [1.82, 2.24) is 0 Å². The zero-order valence-corrected chi connectivity index (χ0v) is 9.94. The van der Waals surface area contributed by atoms with Crippen LogP contribution in [-0.2, 0) is 6.42 Å². The Bertz CT molecular complexity index is 277. The fourth-order valence-electron chi connectivity index (χ4n) is 1.68. The van der Waals surface area contributed by atoms with Crippen LogP contribution in [-0.4, -0.2) is 11.7 Å². The highest BCUT2D eigenvalue weighted by atomic mass is 16.2. The lowest BCUT2D eigenvalue weighted by Crippen LogP contribution is -1.83. The molecule has 0 amide bonds. The van der Waals surface area contributed by atoms with Gasteiger partial charge in [0.15, 0.2) is 0 Å². The third-order valence-corrected chi connectivity index (χ3v) is 2.64. The minimum absolute atomic E-state index is 0.337. The van der Waals surface area contributed by atoms with Crippen LogP contribution in [0.3, 0.4) is 0 Å². The number of rotatable bonds is 8. The van der Waals surface area contributed by atoms with Crippen LogP contribution < -0.4 is 0 Å². The van der Waals surface area contributed by atoms with Crippen LogP contribution in [0.1, 0.15) is 37.7 Å². The second-order valence-corrected chi connectivity index (χ2v) is 4.09. The van der Waals surface area contributed by atoms with Crippen molar-refractivity contribution in [2.75, 3.05) is 6.61 Å². The summed E-state index contributed by atoms with van der Waals surface area (Å²) in [7, 11) is 0. The van der Waals surface area contributed by atoms with Crippen molar-refractivity contribution in [3.8, 4) is 0 Å². The van der Waals surface area contributed by atoms with Crippen molar-refractivity contribution in [3.05, 3.63) is 48.0 Å². The molecule has 1 nitrogen and oxygen atoms in total. The third kappa shape index (κ3) is 6.41. The molecule has 0 aliphatic heterocycles. The number of unbranched alkanes of at least 4 members (excludes halogenated alkanes) is 4. The van der Waals surface area contributed by atoms with E-state index in [1.807, 2.05) is 6.07 Å². The number of aliphatic hydroxyl groups is 1. The fraction of sp³-hybridized carbons (Fsp3) is 0.467. The van der Waals surface area contributed by atoms with E-state index in [0.717, 1.165) is 25.7 Å². The van der Waals surface area contributed by atoms with Gasteiger partial charge in [-0.15, -0.1) is 0 Å². The lowest BCUT2D eigenvalue weighted by atomic mass is 10.1. The molecule has 0 fully saturated rings. The maximum Gasteiger partial charge on any atom is 0.0431 e. The van der Waals surface area contributed by atoms with Crippen LogP contribution >= 0.6 is 0 Å². The van der Waals surface area contributed by atoms with Crippen molar-refractivity contribution in [2.45, 2.75) is 38.5 Å². The molecule has 0 spiro atoms. The van der Waals surface area contributed by atoms with Crippen LogP contribution in [0.15, 0.2) is 42.5 Å². The van der Waals surface area contributed by atoms with Gasteiger partial charge in [0.2, 0.25) is 0 Å². The number of allylic oxidation sites excluding steroid dienone is 2. The molecule has 0 bridgehead atoms. The summed E-state index contributed by atoms with van der Waals surface area (Å²) < 4.78 is 0. The van der Waals surface area contributed by atoms with Gasteiger partial charge in [-0.2, -0.15) is 0 Å². The second-order valence-electron chi connectivity index (χ2n) is 4.09. The molecule has 1 N–H and O–H groups in total. The Kier molecular flexibility index (Phi) is 7.44. The Morgan fingerprint density at radius 1 is 0.875 bits per heavy atom. The molecular formula is C15H22O. The van der Waals surface area contributed by atoms with Gasteiger partial charge >= 0.3 is 0 Å². The van der Waals surface area contributed by atoms with Crippen molar-refractivity contribution in [2.24, 2.45) is 0 Å². The number of aliphatic hydroxyl groups excluding tert-OH is 1. The number of hydrogen-bond acceptors (Lipinski definition) is 1. The summed E-state index contributed by atoms with van der Waals surface area (Å²) in [4.78, 5) is 0. The maximum atomic E-state index is 8.62. The predicted octanol–water partition coefficient (Wildman–Crippen LogP) is 3.73. The van der Waals surface area contributed by atoms with Crippen molar-refractivity contribution < 1.29 is 5.11 Å². The molecule has 0 saturated heterocycles. The van der Waals surface area contributed by atoms with Gasteiger partial charge in [0.05, 0.1) is 0 Å². The van der Waals surface area contributed by atoms with E-state index in [1.54, 1.807) is 0 Å². The van der Waals surface area contributed by atoms with Gasteiger partial charge in [-0.1, -0.05) is 55.3 Å². The molecule has 0 heterocycles. The largest absolute Gasteiger partial charge is 0.396 e. The van der Waals surface area contributed by atoms with E-state index in [4.69, 9.17) is 5.11 Å². The zero-order chi connectivity index (χ0) is 11.5. The summed E-state index contributed by atoms with van der Waals surface area (Å²) in [6.45, 7) is 0.337.